The van der Waals surface area contributed by atoms with Crippen molar-refractivity contribution in [2.75, 3.05) is 25.5 Å². The average molecular weight is 415 g/mol. The van der Waals surface area contributed by atoms with Gasteiger partial charge in [0.25, 0.3) is 0 Å². The SMILES string of the molecule is CN(C)c1ccc(C(c2ccc(-c3ccccc3)cc2)N2CCCCC2C(=O)O)cc1. The van der Waals surface area contributed by atoms with Gasteiger partial charge in [-0.1, -0.05) is 73.2 Å². The zero-order valence-corrected chi connectivity index (χ0v) is 18.2. The zero-order chi connectivity index (χ0) is 21.8. The number of hydrogen-bond donors (Lipinski definition) is 1. The largest absolute Gasteiger partial charge is 0.480 e. The molecule has 31 heavy (non-hydrogen) atoms. The van der Waals surface area contributed by atoms with Crippen LogP contribution in [-0.4, -0.2) is 42.7 Å². The Labute approximate surface area is 184 Å². The third-order valence-electron chi connectivity index (χ3n) is 6.22. The number of carboxylic acid groups (broad SMARTS) is 1. The molecule has 4 heteroatoms. The molecule has 0 saturated carbocycles. The van der Waals surface area contributed by atoms with Crippen LogP contribution in [0.25, 0.3) is 11.1 Å². The van der Waals surface area contributed by atoms with Gasteiger partial charge in [0.15, 0.2) is 0 Å². The highest BCUT2D eigenvalue weighted by Crippen LogP contribution is 2.35. The van der Waals surface area contributed by atoms with Crippen LogP contribution in [0.4, 0.5) is 5.69 Å². The second kappa shape index (κ2) is 9.36. The molecule has 160 valence electrons. The molecular weight excluding hydrogens is 384 g/mol. The number of anilines is 1. The summed E-state index contributed by atoms with van der Waals surface area (Å²) in [5, 5.41) is 9.91. The second-order valence-corrected chi connectivity index (χ2v) is 8.46. The van der Waals surface area contributed by atoms with E-state index >= 15 is 0 Å². The Morgan fingerprint density at radius 2 is 1.45 bits per heavy atom. The Morgan fingerprint density at radius 1 is 0.871 bits per heavy atom. The summed E-state index contributed by atoms with van der Waals surface area (Å²) in [6.07, 6.45) is 2.69. The standard InChI is InChI=1S/C27H30N2O2/c1-28(2)24-17-15-23(16-18-24)26(29-19-7-6-10-25(29)27(30)31)22-13-11-21(12-14-22)20-8-4-3-5-9-20/h3-5,8-9,11-18,25-26H,6-7,10,19H2,1-2H3,(H,30,31). The fourth-order valence-electron chi connectivity index (χ4n) is 4.55. The van der Waals surface area contributed by atoms with Crippen molar-refractivity contribution in [2.45, 2.75) is 31.3 Å². The van der Waals surface area contributed by atoms with Crippen molar-refractivity contribution in [2.24, 2.45) is 0 Å². The molecule has 1 N–H and O–H groups in total. The molecule has 1 aliphatic rings. The summed E-state index contributed by atoms with van der Waals surface area (Å²) in [7, 11) is 4.06. The van der Waals surface area contributed by atoms with Crippen LogP contribution in [0, 0.1) is 0 Å². The van der Waals surface area contributed by atoms with Gasteiger partial charge in [-0.2, -0.15) is 0 Å². The van der Waals surface area contributed by atoms with Gasteiger partial charge < -0.3 is 10.0 Å². The highest BCUT2D eigenvalue weighted by Gasteiger charge is 2.35. The highest BCUT2D eigenvalue weighted by atomic mass is 16.4. The van der Waals surface area contributed by atoms with Crippen molar-refractivity contribution < 1.29 is 9.90 Å². The fourth-order valence-corrected chi connectivity index (χ4v) is 4.55. The molecule has 0 radical (unpaired) electrons. The first-order chi connectivity index (χ1) is 15.0. The van der Waals surface area contributed by atoms with Crippen LogP contribution in [-0.2, 0) is 4.79 Å². The molecule has 0 amide bonds. The summed E-state index contributed by atoms with van der Waals surface area (Å²) in [5.41, 5.74) is 5.74. The topological polar surface area (TPSA) is 43.8 Å². The number of carboxylic acids is 1. The Morgan fingerprint density at radius 3 is 2.03 bits per heavy atom. The smallest absolute Gasteiger partial charge is 0.320 e. The number of likely N-dealkylation sites (tertiary alicyclic amines) is 1. The van der Waals surface area contributed by atoms with Gasteiger partial charge in [-0.25, -0.2) is 0 Å². The summed E-state index contributed by atoms with van der Waals surface area (Å²) in [6.45, 7) is 0.789. The maximum Gasteiger partial charge on any atom is 0.320 e. The molecule has 1 heterocycles. The van der Waals surface area contributed by atoms with Gasteiger partial charge in [0, 0.05) is 19.8 Å². The first-order valence-electron chi connectivity index (χ1n) is 11.0. The molecule has 0 aromatic heterocycles. The molecule has 0 spiro atoms. The zero-order valence-electron chi connectivity index (χ0n) is 18.2. The lowest BCUT2D eigenvalue weighted by Crippen LogP contribution is -2.46. The average Bonchev–Trinajstić information content (AvgIpc) is 2.81. The summed E-state index contributed by atoms with van der Waals surface area (Å²) in [5.74, 6) is -0.726. The Bertz CT molecular complexity index is 998. The lowest BCUT2D eigenvalue weighted by atomic mass is 9.90. The molecule has 1 saturated heterocycles. The Balaban J connectivity index is 1.73. The lowest BCUT2D eigenvalue weighted by Gasteiger charge is -2.39. The third-order valence-corrected chi connectivity index (χ3v) is 6.22. The van der Waals surface area contributed by atoms with Crippen LogP contribution in [0.2, 0.25) is 0 Å². The summed E-state index contributed by atoms with van der Waals surface area (Å²) in [4.78, 5) is 16.3. The number of benzene rings is 3. The van der Waals surface area contributed by atoms with Crippen LogP contribution < -0.4 is 4.90 Å². The number of rotatable bonds is 6. The molecule has 2 atom stereocenters. The minimum Gasteiger partial charge on any atom is -0.480 e. The van der Waals surface area contributed by atoms with Crippen molar-refractivity contribution >= 4 is 11.7 Å². The third kappa shape index (κ3) is 4.64. The summed E-state index contributed by atoms with van der Waals surface area (Å²) < 4.78 is 0. The van der Waals surface area contributed by atoms with Gasteiger partial charge in [-0.05, 0) is 53.8 Å². The number of piperidine rings is 1. The van der Waals surface area contributed by atoms with Gasteiger partial charge in [0.2, 0.25) is 0 Å². The van der Waals surface area contributed by atoms with E-state index in [1.165, 1.54) is 11.1 Å². The van der Waals surface area contributed by atoms with Crippen LogP contribution >= 0.6 is 0 Å². The Kier molecular flexibility index (Phi) is 6.38. The number of nitrogens with zero attached hydrogens (tertiary/aromatic N) is 2. The van der Waals surface area contributed by atoms with Gasteiger partial charge in [0.05, 0.1) is 6.04 Å². The van der Waals surface area contributed by atoms with Crippen LogP contribution in [0.15, 0.2) is 78.9 Å². The van der Waals surface area contributed by atoms with Gasteiger partial charge >= 0.3 is 5.97 Å². The van der Waals surface area contributed by atoms with Crippen molar-refractivity contribution in [1.82, 2.24) is 4.90 Å². The minimum atomic E-state index is -0.726. The first kappa shape index (κ1) is 21.1. The minimum absolute atomic E-state index is 0.0811. The normalized spacial score (nSPS) is 17.8. The number of hydrogen-bond acceptors (Lipinski definition) is 3. The summed E-state index contributed by atoms with van der Waals surface area (Å²) >= 11 is 0. The van der Waals surface area contributed by atoms with E-state index in [-0.39, 0.29) is 6.04 Å². The number of carbonyl (C=O) groups is 1. The predicted molar refractivity (Wildman–Crippen MR) is 126 cm³/mol. The van der Waals surface area contributed by atoms with Crippen LogP contribution in [0.3, 0.4) is 0 Å². The molecule has 0 aliphatic carbocycles. The molecule has 1 aliphatic heterocycles. The molecule has 2 unspecified atom stereocenters. The van der Waals surface area contributed by atoms with Crippen molar-refractivity contribution in [3.63, 3.8) is 0 Å². The van der Waals surface area contributed by atoms with E-state index in [2.05, 4.69) is 70.5 Å². The van der Waals surface area contributed by atoms with E-state index in [1.807, 2.05) is 32.3 Å². The van der Waals surface area contributed by atoms with Gasteiger partial charge in [-0.3, -0.25) is 9.69 Å². The van der Waals surface area contributed by atoms with E-state index in [9.17, 15) is 9.90 Å². The van der Waals surface area contributed by atoms with Gasteiger partial charge in [-0.15, -0.1) is 0 Å². The van der Waals surface area contributed by atoms with E-state index in [0.717, 1.165) is 36.2 Å². The predicted octanol–water partition coefficient (Wildman–Crippen LogP) is 5.45. The molecule has 0 bridgehead atoms. The number of aliphatic carboxylic acids is 1. The maximum atomic E-state index is 12.1. The molecular formula is C27H30N2O2. The van der Waals surface area contributed by atoms with Gasteiger partial charge in [0.1, 0.15) is 6.04 Å². The van der Waals surface area contributed by atoms with Crippen LogP contribution in [0.1, 0.15) is 36.4 Å². The van der Waals surface area contributed by atoms with E-state index < -0.39 is 12.0 Å². The quantitative estimate of drug-likeness (QED) is 0.583. The molecule has 1 fully saturated rings. The van der Waals surface area contributed by atoms with Crippen LogP contribution in [0.5, 0.6) is 0 Å². The maximum absolute atomic E-state index is 12.1. The molecule has 3 aromatic rings. The fraction of sp³-hybridized carbons (Fsp3) is 0.296. The first-order valence-corrected chi connectivity index (χ1v) is 11.0. The van der Waals surface area contributed by atoms with E-state index in [1.54, 1.807) is 0 Å². The lowest BCUT2D eigenvalue weighted by molar-refractivity contribution is -0.145. The van der Waals surface area contributed by atoms with E-state index in [0.29, 0.717) is 6.42 Å². The molecule has 4 rings (SSSR count). The highest BCUT2D eigenvalue weighted by molar-refractivity contribution is 5.74. The molecule has 3 aromatic carbocycles. The van der Waals surface area contributed by atoms with Crippen molar-refractivity contribution in [3.8, 4) is 11.1 Å². The monoisotopic (exact) mass is 414 g/mol. The van der Waals surface area contributed by atoms with Crippen molar-refractivity contribution in [1.29, 1.82) is 0 Å². The second-order valence-electron chi connectivity index (χ2n) is 8.46. The Hall–Kier alpha value is -3.11. The van der Waals surface area contributed by atoms with Crippen molar-refractivity contribution in [3.05, 3.63) is 90.0 Å². The molecule has 4 nitrogen and oxygen atoms in total. The summed E-state index contributed by atoms with van der Waals surface area (Å²) in [6, 6.07) is 26.9. The van der Waals surface area contributed by atoms with E-state index in [4.69, 9.17) is 0 Å².